The molecule has 1 aliphatic heterocycles. The van der Waals surface area contributed by atoms with Crippen molar-refractivity contribution in [3.05, 3.63) is 57.6 Å². The molecule has 1 N–H and O–H groups in total. The number of benzene rings is 2. The Labute approximate surface area is 175 Å². The topological polar surface area (TPSA) is 66.5 Å². The molecule has 1 fully saturated rings. The van der Waals surface area contributed by atoms with Gasteiger partial charge in [-0.05, 0) is 62.1 Å². The number of nitrogens with one attached hydrogen (secondary N) is 1. The molecular formula is C20H22Cl2N2O3S. The van der Waals surface area contributed by atoms with E-state index < -0.39 is 15.9 Å². The van der Waals surface area contributed by atoms with Crippen LogP contribution in [0.25, 0.3) is 0 Å². The van der Waals surface area contributed by atoms with Gasteiger partial charge in [-0.3, -0.25) is 4.79 Å². The highest BCUT2D eigenvalue weighted by atomic mass is 35.5. The third-order valence-electron chi connectivity index (χ3n) is 4.90. The van der Waals surface area contributed by atoms with Gasteiger partial charge in [0, 0.05) is 18.8 Å². The highest BCUT2D eigenvalue weighted by Crippen LogP contribution is 2.28. The highest BCUT2D eigenvalue weighted by Gasteiger charge is 2.34. The second-order valence-corrected chi connectivity index (χ2v) is 9.81. The van der Waals surface area contributed by atoms with Gasteiger partial charge in [0.15, 0.2) is 0 Å². The first kappa shape index (κ1) is 21.1. The molecule has 0 saturated carbocycles. The van der Waals surface area contributed by atoms with Crippen LogP contribution in [0, 0.1) is 19.8 Å². The van der Waals surface area contributed by atoms with Crippen molar-refractivity contribution in [3.8, 4) is 0 Å². The lowest BCUT2D eigenvalue weighted by molar-refractivity contribution is -0.120. The summed E-state index contributed by atoms with van der Waals surface area (Å²) >= 11 is 11.9. The molecule has 1 atom stereocenters. The molecule has 8 heteroatoms. The Morgan fingerprint density at radius 3 is 2.57 bits per heavy atom. The Morgan fingerprint density at radius 2 is 1.86 bits per heavy atom. The lowest BCUT2D eigenvalue weighted by Gasteiger charge is -2.31. The Kier molecular flexibility index (Phi) is 6.34. The van der Waals surface area contributed by atoms with Crippen molar-refractivity contribution in [3.63, 3.8) is 0 Å². The summed E-state index contributed by atoms with van der Waals surface area (Å²) in [4.78, 5) is 13.0. The van der Waals surface area contributed by atoms with Crippen LogP contribution in [0.15, 0.2) is 41.3 Å². The molecule has 0 radical (unpaired) electrons. The predicted octanol–water partition coefficient (Wildman–Crippen LogP) is 4.65. The maximum absolute atomic E-state index is 13.1. The summed E-state index contributed by atoms with van der Waals surface area (Å²) in [5, 5.41) is 3.56. The molecule has 0 unspecified atom stereocenters. The number of halogens is 2. The second kappa shape index (κ2) is 8.41. The molecule has 1 amide bonds. The number of amides is 1. The van der Waals surface area contributed by atoms with Gasteiger partial charge >= 0.3 is 0 Å². The summed E-state index contributed by atoms with van der Waals surface area (Å²) in [6.07, 6.45) is 1.26. The van der Waals surface area contributed by atoms with Gasteiger partial charge in [-0.1, -0.05) is 35.3 Å². The van der Waals surface area contributed by atoms with Crippen LogP contribution in [0.5, 0.6) is 0 Å². The Hall–Kier alpha value is -1.60. The van der Waals surface area contributed by atoms with Crippen molar-refractivity contribution in [2.75, 3.05) is 18.4 Å². The number of piperidine rings is 1. The average Bonchev–Trinajstić information content (AvgIpc) is 2.66. The van der Waals surface area contributed by atoms with E-state index in [4.69, 9.17) is 23.2 Å². The zero-order valence-corrected chi connectivity index (χ0v) is 18.0. The van der Waals surface area contributed by atoms with Crippen molar-refractivity contribution in [2.45, 2.75) is 31.6 Å². The SMILES string of the molecule is Cc1ccc(C)c(S(=O)(=O)N2CCC[C@H](C(=O)Nc3ccc(Cl)c(Cl)c3)C2)c1. The Balaban J connectivity index is 1.76. The van der Waals surface area contributed by atoms with Gasteiger partial charge in [0.25, 0.3) is 0 Å². The van der Waals surface area contributed by atoms with Crippen LogP contribution in [0.1, 0.15) is 24.0 Å². The summed E-state index contributed by atoms with van der Waals surface area (Å²) in [6, 6.07) is 10.2. The zero-order chi connectivity index (χ0) is 20.5. The fourth-order valence-corrected chi connectivity index (χ4v) is 5.45. The fraction of sp³-hybridized carbons (Fsp3) is 0.350. The van der Waals surface area contributed by atoms with Crippen molar-refractivity contribution in [2.24, 2.45) is 5.92 Å². The summed E-state index contributed by atoms with van der Waals surface area (Å²) in [6.45, 7) is 4.21. The number of nitrogens with zero attached hydrogens (tertiary/aromatic N) is 1. The Bertz CT molecular complexity index is 1010. The summed E-state index contributed by atoms with van der Waals surface area (Å²) < 4.78 is 27.7. The van der Waals surface area contributed by atoms with Gasteiger partial charge in [0.1, 0.15) is 0 Å². The number of carbonyl (C=O) groups is 1. The monoisotopic (exact) mass is 440 g/mol. The summed E-state index contributed by atoms with van der Waals surface area (Å²) in [7, 11) is -3.65. The molecule has 1 aliphatic rings. The summed E-state index contributed by atoms with van der Waals surface area (Å²) in [5.74, 6) is -0.651. The standard InChI is InChI=1S/C20H22Cl2N2O3S/c1-13-5-6-14(2)19(10-13)28(26,27)24-9-3-4-15(12-24)20(25)23-16-7-8-17(21)18(22)11-16/h5-8,10-11,15H,3-4,9,12H2,1-2H3,(H,23,25)/t15-/m0/s1. The van der Waals surface area contributed by atoms with Crippen LogP contribution < -0.4 is 5.32 Å². The normalized spacial score (nSPS) is 18.1. The third kappa shape index (κ3) is 4.51. The molecule has 1 saturated heterocycles. The number of aryl methyl sites for hydroxylation is 2. The van der Waals surface area contributed by atoms with Gasteiger partial charge in [-0.2, -0.15) is 4.31 Å². The molecule has 3 rings (SSSR count). The second-order valence-electron chi connectivity index (χ2n) is 7.09. The number of hydrogen-bond donors (Lipinski definition) is 1. The van der Waals surface area contributed by atoms with E-state index >= 15 is 0 Å². The molecule has 150 valence electrons. The van der Waals surface area contributed by atoms with E-state index in [0.29, 0.717) is 45.6 Å². The first-order chi connectivity index (χ1) is 13.2. The number of sulfonamides is 1. The van der Waals surface area contributed by atoms with E-state index in [0.717, 1.165) is 5.56 Å². The lowest BCUT2D eigenvalue weighted by Crippen LogP contribution is -2.43. The van der Waals surface area contributed by atoms with E-state index in [1.54, 1.807) is 37.3 Å². The molecular weight excluding hydrogens is 419 g/mol. The van der Waals surface area contributed by atoms with Crippen molar-refractivity contribution >= 4 is 44.8 Å². The zero-order valence-electron chi connectivity index (χ0n) is 15.7. The van der Waals surface area contributed by atoms with E-state index in [9.17, 15) is 13.2 Å². The molecule has 0 aliphatic carbocycles. The van der Waals surface area contributed by atoms with Crippen molar-refractivity contribution in [1.29, 1.82) is 0 Å². The van der Waals surface area contributed by atoms with E-state index in [-0.39, 0.29) is 12.5 Å². The van der Waals surface area contributed by atoms with E-state index in [1.807, 2.05) is 13.0 Å². The highest BCUT2D eigenvalue weighted by molar-refractivity contribution is 7.89. The van der Waals surface area contributed by atoms with Gasteiger partial charge in [0.05, 0.1) is 20.9 Å². The van der Waals surface area contributed by atoms with Gasteiger partial charge in [-0.15, -0.1) is 0 Å². The molecule has 1 heterocycles. The van der Waals surface area contributed by atoms with Crippen LogP contribution in [0.2, 0.25) is 10.0 Å². The molecule has 28 heavy (non-hydrogen) atoms. The molecule has 0 spiro atoms. The molecule has 2 aromatic carbocycles. The predicted molar refractivity (Wildman–Crippen MR) is 112 cm³/mol. The van der Waals surface area contributed by atoms with Crippen LogP contribution in [-0.4, -0.2) is 31.7 Å². The number of rotatable bonds is 4. The summed E-state index contributed by atoms with van der Waals surface area (Å²) in [5.41, 5.74) is 2.12. The smallest absolute Gasteiger partial charge is 0.243 e. The van der Waals surface area contributed by atoms with Crippen LogP contribution >= 0.6 is 23.2 Å². The van der Waals surface area contributed by atoms with Gasteiger partial charge in [0.2, 0.25) is 15.9 Å². The Morgan fingerprint density at radius 1 is 1.11 bits per heavy atom. The molecule has 2 aromatic rings. The van der Waals surface area contributed by atoms with E-state index in [2.05, 4.69) is 5.32 Å². The van der Waals surface area contributed by atoms with Crippen molar-refractivity contribution < 1.29 is 13.2 Å². The number of carbonyl (C=O) groups excluding carboxylic acids is 1. The molecule has 0 bridgehead atoms. The maximum atomic E-state index is 13.1. The minimum atomic E-state index is -3.65. The first-order valence-corrected chi connectivity index (χ1v) is 11.2. The fourth-order valence-electron chi connectivity index (χ4n) is 3.32. The van der Waals surface area contributed by atoms with Crippen LogP contribution in [0.4, 0.5) is 5.69 Å². The minimum absolute atomic E-state index is 0.156. The van der Waals surface area contributed by atoms with Gasteiger partial charge < -0.3 is 5.32 Å². The molecule has 5 nitrogen and oxygen atoms in total. The first-order valence-electron chi connectivity index (χ1n) is 9.02. The minimum Gasteiger partial charge on any atom is -0.326 e. The molecule has 0 aromatic heterocycles. The van der Waals surface area contributed by atoms with Gasteiger partial charge in [-0.25, -0.2) is 8.42 Å². The quantitative estimate of drug-likeness (QED) is 0.751. The average molecular weight is 441 g/mol. The van der Waals surface area contributed by atoms with E-state index in [1.165, 1.54) is 4.31 Å². The maximum Gasteiger partial charge on any atom is 0.243 e. The largest absolute Gasteiger partial charge is 0.326 e. The lowest BCUT2D eigenvalue weighted by atomic mass is 9.99. The van der Waals surface area contributed by atoms with Crippen LogP contribution in [-0.2, 0) is 14.8 Å². The third-order valence-corrected chi connectivity index (χ3v) is 7.65. The number of hydrogen-bond acceptors (Lipinski definition) is 3. The van der Waals surface area contributed by atoms with Crippen molar-refractivity contribution in [1.82, 2.24) is 4.31 Å². The van der Waals surface area contributed by atoms with Crippen LogP contribution in [0.3, 0.4) is 0 Å². The number of anilines is 1.